The molecule has 2 aromatic carbocycles. The van der Waals surface area contributed by atoms with E-state index in [0.717, 1.165) is 25.2 Å². The topological polar surface area (TPSA) is 115 Å². The van der Waals surface area contributed by atoms with E-state index in [0.29, 0.717) is 25.6 Å². The Morgan fingerprint density at radius 2 is 1.61 bits per heavy atom. The van der Waals surface area contributed by atoms with Crippen LogP contribution in [0, 0.1) is 10.1 Å². The first kappa shape index (κ1) is 20.5. The van der Waals surface area contributed by atoms with Crippen LogP contribution in [-0.2, 0) is 13.1 Å². The Morgan fingerprint density at radius 1 is 1.00 bits per heavy atom. The number of benzene rings is 2. The van der Waals surface area contributed by atoms with Crippen molar-refractivity contribution in [2.75, 3.05) is 42.1 Å². The van der Waals surface area contributed by atoms with Crippen molar-refractivity contribution in [2.24, 2.45) is 0 Å². The van der Waals surface area contributed by atoms with Gasteiger partial charge in [-0.15, -0.1) is 0 Å². The van der Waals surface area contributed by atoms with Crippen LogP contribution in [-0.4, -0.2) is 41.1 Å². The molecule has 3 aromatic rings. The molecule has 1 fully saturated rings. The minimum absolute atomic E-state index is 0.121. The van der Waals surface area contributed by atoms with Crippen molar-refractivity contribution in [1.29, 1.82) is 0 Å². The molecule has 0 aliphatic carbocycles. The lowest BCUT2D eigenvalue weighted by Gasteiger charge is -2.32. The highest BCUT2D eigenvalue weighted by atomic mass is 16.6. The smallest absolute Gasteiger partial charge is 0.353 e. The van der Waals surface area contributed by atoms with E-state index in [2.05, 4.69) is 27.4 Å². The van der Waals surface area contributed by atoms with Crippen molar-refractivity contribution in [3.63, 3.8) is 0 Å². The van der Waals surface area contributed by atoms with E-state index in [1.54, 1.807) is 0 Å². The maximum Gasteiger partial charge on any atom is 0.353 e. The Morgan fingerprint density at radius 3 is 2.23 bits per heavy atom. The molecule has 0 unspecified atom stereocenters. The van der Waals surface area contributed by atoms with E-state index < -0.39 is 4.92 Å². The molecule has 1 aliphatic heterocycles. The summed E-state index contributed by atoms with van der Waals surface area (Å²) in [4.78, 5) is 23.2. The second-order valence-corrected chi connectivity index (χ2v) is 7.60. The summed E-state index contributed by atoms with van der Waals surface area (Å²) in [5, 5.41) is 14.8. The number of aromatic nitrogens is 2. The summed E-state index contributed by atoms with van der Waals surface area (Å²) in [7, 11) is 0. The summed E-state index contributed by atoms with van der Waals surface area (Å²) in [6, 6.07) is 20.2. The summed E-state index contributed by atoms with van der Waals surface area (Å²) in [5.41, 5.74) is 8.08. The molecule has 0 radical (unpaired) electrons. The Hall–Kier alpha value is -3.72. The third-order valence-corrected chi connectivity index (χ3v) is 5.44. The quantitative estimate of drug-likeness (QED) is 0.392. The third kappa shape index (κ3) is 5.07. The lowest BCUT2D eigenvalue weighted by Crippen LogP contribution is -3.13. The highest BCUT2D eigenvalue weighted by Gasteiger charge is 2.30. The molecular weight excluding hydrogens is 394 g/mol. The number of piperazine rings is 1. The third-order valence-electron chi connectivity index (χ3n) is 5.44. The van der Waals surface area contributed by atoms with Crippen LogP contribution >= 0.6 is 0 Å². The van der Waals surface area contributed by atoms with Gasteiger partial charge in [-0.2, -0.15) is 9.97 Å². The van der Waals surface area contributed by atoms with Gasteiger partial charge in [-0.05, 0) is 5.56 Å². The minimum atomic E-state index is -0.491. The fraction of sp³-hybridized carbons (Fsp3) is 0.273. The summed E-state index contributed by atoms with van der Waals surface area (Å²) in [6.45, 7) is 4.50. The average molecular weight is 420 g/mol. The molecular formula is C22H26N7O2+. The van der Waals surface area contributed by atoms with E-state index in [-0.39, 0.29) is 17.3 Å². The first-order chi connectivity index (χ1) is 15.1. The van der Waals surface area contributed by atoms with Gasteiger partial charge in [0.05, 0.1) is 31.1 Å². The van der Waals surface area contributed by atoms with E-state index in [9.17, 15) is 10.1 Å². The maximum atomic E-state index is 11.7. The summed E-state index contributed by atoms with van der Waals surface area (Å²) < 4.78 is 0. The van der Waals surface area contributed by atoms with Crippen LogP contribution in [0.2, 0.25) is 0 Å². The van der Waals surface area contributed by atoms with Gasteiger partial charge in [0.15, 0.2) is 0 Å². The first-order valence-electron chi connectivity index (χ1n) is 10.3. The van der Waals surface area contributed by atoms with Crippen LogP contribution in [0.25, 0.3) is 0 Å². The van der Waals surface area contributed by atoms with Crippen molar-refractivity contribution >= 4 is 23.3 Å². The van der Waals surface area contributed by atoms with Crippen molar-refractivity contribution in [3.8, 4) is 0 Å². The van der Waals surface area contributed by atoms with Crippen LogP contribution in [0.15, 0.2) is 60.7 Å². The largest absolute Gasteiger partial charge is 0.378 e. The molecule has 0 atom stereocenters. The number of nitrogen functional groups attached to an aromatic ring is 1. The van der Waals surface area contributed by atoms with Gasteiger partial charge >= 0.3 is 5.69 Å². The van der Waals surface area contributed by atoms with Crippen molar-refractivity contribution < 1.29 is 9.82 Å². The molecule has 2 heterocycles. The van der Waals surface area contributed by atoms with Gasteiger partial charge < -0.3 is 20.9 Å². The number of anilines is 3. The number of hydrogen-bond acceptors (Lipinski definition) is 7. The molecule has 0 saturated carbocycles. The molecule has 4 N–H and O–H groups in total. The van der Waals surface area contributed by atoms with Crippen LogP contribution in [0.3, 0.4) is 0 Å². The molecule has 1 aromatic heterocycles. The first-order valence-corrected chi connectivity index (χ1v) is 10.3. The summed E-state index contributed by atoms with van der Waals surface area (Å²) in [6.07, 6.45) is 0. The molecule has 0 amide bonds. The predicted octanol–water partition coefficient (Wildman–Crippen LogP) is 1.48. The van der Waals surface area contributed by atoms with Crippen LogP contribution in [0.4, 0.5) is 23.3 Å². The van der Waals surface area contributed by atoms with Crippen molar-refractivity contribution in [3.05, 3.63) is 81.9 Å². The van der Waals surface area contributed by atoms with Gasteiger partial charge in [0.1, 0.15) is 6.54 Å². The number of nitrogens with zero attached hydrogens (tertiary/aromatic N) is 4. The van der Waals surface area contributed by atoms with Crippen molar-refractivity contribution in [1.82, 2.24) is 9.97 Å². The SMILES string of the molecule is Nc1nc(NCc2ccccc2)nc(N2CC[NH+](Cc3ccccc3)CC2)c1[N+](=O)[O-]. The zero-order chi connectivity index (χ0) is 21.6. The Balaban J connectivity index is 1.48. The molecule has 0 bridgehead atoms. The van der Waals surface area contributed by atoms with E-state index in [1.807, 2.05) is 53.4 Å². The van der Waals surface area contributed by atoms with Gasteiger partial charge in [0.25, 0.3) is 0 Å². The predicted molar refractivity (Wildman–Crippen MR) is 120 cm³/mol. The Kier molecular flexibility index (Phi) is 6.23. The lowest BCUT2D eigenvalue weighted by molar-refractivity contribution is -0.914. The fourth-order valence-electron chi connectivity index (χ4n) is 3.81. The van der Waals surface area contributed by atoms with Crippen LogP contribution in [0.1, 0.15) is 11.1 Å². The molecule has 9 heteroatoms. The van der Waals surface area contributed by atoms with E-state index >= 15 is 0 Å². The standard InChI is InChI=1S/C22H25N7O2/c23-20-19(29(30)31)21(26-22(25-20)24-15-17-7-3-1-4-8-17)28-13-11-27(12-14-28)16-18-9-5-2-6-10-18/h1-10H,11-16H2,(H3,23,24,25,26)/p+1. The fourth-order valence-corrected chi connectivity index (χ4v) is 3.81. The Labute approximate surface area is 180 Å². The average Bonchev–Trinajstić information content (AvgIpc) is 2.79. The maximum absolute atomic E-state index is 11.7. The molecule has 9 nitrogen and oxygen atoms in total. The summed E-state index contributed by atoms with van der Waals surface area (Å²) in [5.74, 6) is 0.456. The number of hydrogen-bond donors (Lipinski definition) is 3. The highest BCUT2D eigenvalue weighted by molar-refractivity contribution is 5.71. The van der Waals surface area contributed by atoms with Crippen LogP contribution < -0.4 is 20.9 Å². The summed E-state index contributed by atoms with van der Waals surface area (Å²) >= 11 is 0. The molecule has 1 saturated heterocycles. The number of nitrogens with one attached hydrogen (secondary N) is 2. The molecule has 0 spiro atoms. The van der Waals surface area contributed by atoms with Gasteiger partial charge in [0, 0.05) is 12.1 Å². The van der Waals surface area contributed by atoms with Gasteiger partial charge in [-0.25, -0.2) is 0 Å². The Bertz CT molecular complexity index is 1020. The van der Waals surface area contributed by atoms with Gasteiger partial charge in [-0.1, -0.05) is 60.7 Å². The second kappa shape index (κ2) is 9.40. The number of rotatable bonds is 7. The molecule has 31 heavy (non-hydrogen) atoms. The second-order valence-electron chi connectivity index (χ2n) is 7.60. The van der Waals surface area contributed by atoms with Crippen molar-refractivity contribution in [2.45, 2.75) is 13.1 Å². The zero-order valence-electron chi connectivity index (χ0n) is 17.2. The van der Waals surface area contributed by atoms with Gasteiger partial charge in [-0.3, -0.25) is 10.1 Å². The van der Waals surface area contributed by atoms with Crippen LogP contribution in [0.5, 0.6) is 0 Å². The molecule has 160 valence electrons. The monoisotopic (exact) mass is 420 g/mol. The number of nitro groups is 1. The van der Waals surface area contributed by atoms with E-state index in [1.165, 1.54) is 10.5 Å². The highest BCUT2D eigenvalue weighted by Crippen LogP contribution is 2.32. The molecule has 4 rings (SSSR count). The van der Waals surface area contributed by atoms with E-state index in [4.69, 9.17) is 5.73 Å². The lowest BCUT2D eigenvalue weighted by atomic mass is 10.2. The number of nitrogens with two attached hydrogens (primary N) is 1. The van der Waals surface area contributed by atoms with Gasteiger partial charge in [0.2, 0.25) is 17.6 Å². The normalized spacial score (nSPS) is 14.4. The molecule has 1 aliphatic rings. The number of quaternary nitrogens is 1. The minimum Gasteiger partial charge on any atom is -0.378 e. The zero-order valence-corrected chi connectivity index (χ0v) is 17.2.